The summed E-state index contributed by atoms with van der Waals surface area (Å²) >= 11 is 0. The number of likely N-dealkylation sites (tertiary alicyclic amines) is 1. The van der Waals surface area contributed by atoms with E-state index in [4.69, 9.17) is 10.5 Å². The first-order valence-corrected chi connectivity index (χ1v) is 5.62. The molecule has 1 aliphatic heterocycles. The molecule has 0 aromatic carbocycles. The molecule has 2 N–H and O–H groups in total. The van der Waals surface area contributed by atoms with Crippen molar-refractivity contribution in [3.8, 4) is 0 Å². The van der Waals surface area contributed by atoms with Gasteiger partial charge in [0.2, 0.25) is 0 Å². The molecular formula is C11H24N2O. The van der Waals surface area contributed by atoms with E-state index in [-0.39, 0.29) is 5.54 Å². The van der Waals surface area contributed by atoms with Crippen molar-refractivity contribution >= 4 is 0 Å². The Balaban J connectivity index is 2.10. The largest absolute Gasteiger partial charge is 0.377 e. The van der Waals surface area contributed by atoms with Crippen LogP contribution >= 0.6 is 0 Å². The molecular weight excluding hydrogens is 176 g/mol. The third-order valence-corrected chi connectivity index (χ3v) is 2.86. The SMILES string of the molecule is CC(C)OCCN1CCC(C)(N)CC1. The van der Waals surface area contributed by atoms with Crippen molar-refractivity contribution in [1.82, 2.24) is 4.90 Å². The third-order valence-electron chi connectivity index (χ3n) is 2.86. The van der Waals surface area contributed by atoms with Crippen LogP contribution in [0.2, 0.25) is 0 Å². The summed E-state index contributed by atoms with van der Waals surface area (Å²) in [7, 11) is 0. The molecule has 1 heterocycles. The molecule has 0 aromatic rings. The van der Waals surface area contributed by atoms with Gasteiger partial charge >= 0.3 is 0 Å². The summed E-state index contributed by atoms with van der Waals surface area (Å²) in [6.45, 7) is 10.4. The molecule has 0 spiro atoms. The molecule has 0 radical (unpaired) electrons. The van der Waals surface area contributed by atoms with E-state index in [0.717, 1.165) is 39.1 Å². The molecule has 1 aliphatic rings. The number of rotatable bonds is 4. The maximum Gasteiger partial charge on any atom is 0.0596 e. The van der Waals surface area contributed by atoms with Crippen LogP contribution in [0.25, 0.3) is 0 Å². The van der Waals surface area contributed by atoms with E-state index in [0.29, 0.717) is 6.10 Å². The van der Waals surface area contributed by atoms with E-state index in [9.17, 15) is 0 Å². The average molecular weight is 200 g/mol. The van der Waals surface area contributed by atoms with Gasteiger partial charge in [-0.25, -0.2) is 0 Å². The number of ether oxygens (including phenoxy) is 1. The Hall–Kier alpha value is -0.120. The summed E-state index contributed by atoms with van der Waals surface area (Å²) in [5.41, 5.74) is 6.12. The van der Waals surface area contributed by atoms with Crippen LogP contribution in [0.3, 0.4) is 0 Å². The smallest absolute Gasteiger partial charge is 0.0596 e. The molecule has 0 unspecified atom stereocenters. The van der Waals surface area contributed by atoms with Crippen molar-refractivity contribution < 1.29 is 4.74 Å². The van der Waals surface area contributed by atoms with Crippen LogP contribution in [0.5, 0.6) is 0 Å². The molecule has 0 bridgehead atoms. The molecule has 1 fully saturated rings. The lowest BCUT2D eigenvalue weighted by Gasteiger charge is -2.36. The van der Waals surface area contributed by atoms with Crippen LogP contribution in [0.15, 0.2) is 0 Å². The highest BCUT2D eigenvalue weighted by Gasteiger charge is 2.25. The van der Waals surface area contributed by atoms with Crippen LogP contribution in [0.1, 0.15) is 33.6 Å². The quantitative estimate of drug-likeness (QED) is 0.741. The van der Waals surface area contributed by atoms with Gasteiger partial charge in [0, 0.05) is 12.1 Å². The summed E-state index contributed by atoms with van der Waals surface area (Å²) in [5, 5.41) is 0. The lowest BCUT2D eigenvalue weighted by molar-refractivity contribution is 0.0495. The Morgan fingerprint density at radius 3 is 2.43 bits per heavy atom. The first-order chi connectivity index (χ1) is 6.49. The van der Waals surface area contributed by atoms with Crippen LogP contribution in [-0.4, -0.2) is 42.8 Å². The number of nitrogens with zero attached hydrogens (tertiary/aromatic N) is 1. The second-order valence-electron chi connectivity index (χ2n) is 4.92. The van der Waals surface area contributed by atoms with E-state index in [1.807, 2.05) is 0 Å². The van der Waals surface area contributed by atoms with E-state index in [1.165, 1.54) is 0 Å². The van der Waals surface area contributed by atoms with Gasteiger partial charge in [0.05, 0.1) is 12.7 Å². The van der Waals surface area contributed by atoms with Crippen molar-refractivity contribution in [1.29, 1.82) is 0 Å². The summed E-state index contributed by atoms with van der Waals surface area (Å²) < 4.78 is 5.52. The Morgan fingerprint density at radius 2 is 1.93 bits per heavy atom. The summed E-state index contributed by atoms with van der Waals surface area (Å²) in [6, 6.07) is 0. The zero-order chi connectivity index (χ0) is 10.6. The van der Waals surface area contributed by atoms with E-state index in [2.05, 4.69) is 25.7 Å². The minimum absolute atomic E-state index is 0.0649. The van der Waals surface area contributed by atoms with Gasteiger partial charge in [-0.3, -0.25) is 0 Å². The van der Waals surface area contributed by atoms with E-state index in [1.54, 1.807) is 0 Å². The minimum atomic E-state index is 0.0649. The average Bonchev–Trinajstić information content (AvgIpc) is 2.07. The van der Waals surface area contributed by atoms with Gasteiger partial charge in [-0.15, -0.1) is 0 Å². The van der Waals surface area contributed by atoms with Crippen LogP contribution in [0.4, 0.5) is 0 Å². The lowest BCUT2D eigenvalue weighted by Crippen LogP contribution is -2.48. The highest BCUT2D eigenvalue weighted by atomic mass is 16.5. The van der Waals surface area contributed by atoms with E-state index >= 15 is 0 Å². The first-order valence-electron chi connectivity index (χ1n) is 5.62. The fourth-order valence-corrected chi connectivity index (χ4v) is 1.70. The fraction of sp³-hybridized carbons (Fsp3) is 1.00. The van der Waals surface area contributed by atoms with Gasteiger partial charge in [-0.2, -0.15) is 0 Å². The zero-order valence-corrected chi connectivity index (χ0v) is 9.75. The Labute approximate surface area is 87.6 Å². The minimum Gasteiger partial charge on any atom is -0.377 e. The number of hydrogen-bond donors (Lipinski definition) is 1. The normalized spacial score (nSPS) is 22.9. The molecule has 84 valence electrons. The van der Waals surface area contributed by atoms with Gasteiger partial charge in [-0.05, 0) is 46.7 Å². The monoisotopic (exact) mass is 200 g/mol. The standard InChI is InChI=1S/C11H24N2O/c1-10(2)14-9-8-13-6-4-11(3,12)5-7-13/h10H,4-9,12H2,1-3H3. The van der Waals surface area contributed by atoms with Crippen molar-refractivity contribution in [3.05, 3.63) is 0 Å². The topological polar surface area (TPSA) is 38.5 Å². The summed E-state index contributed by atoms with van der Waals surface area (Å²) in [5.74, 6) is 0. The number of hydrogen-bond acceptors (Lipinski definition) is 3. The van der Waals surface area contributed by atoms with Crippen LogP contribution in [-0.2, 0) is 4.74 Å². The highest BCUT2D eigenvalue weighted by molar-refractivity contribution is 4.85. The number of piperidine rings is 1. The Morgan fingerprint density at radius 1 is 1.36 bits per heavy atom. The van der Waals surface area contributed by atoms with E-state index < -0.39 is 0 Å². The predicted octanol–water partition coefficient (Wildman–Crippen LogP) is 1.22. The Kier molecular flexibility index (Phi) is 4.35. The van der Waals surface area contributed by atoms with Gasteiger partial charge in [0.1, 0.15) is 0 Å². The van der Waals surface area contributed by atoms with Crippen LogP contribution < -0.4 is 5.73 Å². The molecule has 14 heavy (non-hydrogen) atoms. The summed E-state index contributed by atoms with van der Waals surface area (Å²) in [6.07, 6.45) is 2.56. The molecule has 3 heteroatoms. The molecule has 3 nitrogen and oxygen atoms in total. The molecule has 0 saturated carbocycles. The van der Waals surface area contributed by atoms with Gasteiger partial charge in [-0.1, -0.05) is 0 Å². The molecule has 0 aliphatic carbocycles. The van der Waals surface area contributed by atoms with Gasteiger partial charge in [0.15, 0.2) is 0 Å². The maximum absolute atomic E-state index is 6.06. The molecule has 1 saturated heterocycles. The molecule has 1 rings (SSSR count). The number of nitrogens with two attached hydrogens (primary N) is 1. The molecule has 0 atom stereocenters. The molecule has 0 amide bonds. The summed E-state index contributed by atoms with van der Waals surface area (Å²) in [4.78, 5) is 2.44. The zero-order valence-electron chi connectivity index (χ0n) is 9.75. The second-order valence-corrected chi connectivity index (χ2v) is 4.92. The second kappa shape index (κ2) is 5.10. The first kappa shape index (κ1) is 12.0. The fourth-order valence-electron chi connectivity index (χ4n) is 1.70. The van der Waals surface area contributed by atoms with Crippen molar-refractivity contribution in [2.24, 2.45) is 5.73 Å². The lowest BCUT2D eigenvalue weighted by atomic mass is 9.91. The Bertz CT molecular complexity index is 159. The van der Waals surface area contributed by atoms with Gasteiger partial charge in [0.25, 0.3) is 0 Å². The van der Waals surface area contributed by atoms with Crippen molar-refractivity contribution in [3.63, 3.8) is 0 Å². The third kappa shape index (κ3) is 4.40. The predicted molar refractivity (Wildman–Crippen MR) is 59.4 cm³/mol. The maximum atomic E-state index is 6.06. The van der Waals surface area contributed by atoms with Crippen molar-refractivity contribution in [2.75, 3.05) is 26.2 Å². The van der Waals surface area contributed by atoms with Crippen molar-refractivity contribution in [2.45, 2.75) is 45.3 Å². The molecule has 0 aromatic heterocycles. The highest BCUT2D eigenvalue weighted by Crippen LogP contribution is 2.18. The van der Waals surface area contributed by atoms with Crippen LogP contribution in [0, 0.1) is 0 Å². The van der Waals surface area contributed by atoms with Gasteiger partial charge < -0.3 is 15.4 Å².